The van der Waals surface area contributed by atoms with Crippen LogP contribution >= 0.6 is 15.9 Å². The molecule has 1 aromatic rings. The van der Waals surface area contributed by atoms with Crippen LogP contribution in [-0.2, 0) is 4.79 Å². The molecule has 0 aliphatic heterocycles. The van der Waals surface area contributed by atoms with Gasteiger partial charge in [-0.3, -0.25) is 9.59 Å². The lowest BCUT2D eigenvalue weighted by Crippen LogP contribution is -2.02. The summed E-state index contributed by atoms with van der Waals surface area (Å²) in [6.07, 6.45) is 3.64. The molecule has 0 aliphatic carbocycles. The summed E-state index contributed by atoms with van der Waals surface area (Å²) in [4.78, 5) is 22.6. The van der Waals surface area contributed by atoms with E-state index in [1.165, 1.54) is 6.92 Å². The maximum Gasteiger partial charge on any atom is 0.308 e. The Morgan fingerprint density at radius 2 is 1.78 bits per heavy atom. The molecule has 0 amide bonds. The molecule has 18 heavy (non-hydrogen) atoms. The van der Waals surface area contributed by atoms with Gasteiger partial charge in [0.25, 0.3) is 0 Å². The summed E-state index contributed by atoms with van der Waals surface area (Å²) >= 11 is 3.36. The summed E-state index contributed by atoms with van der Waals surface area (Å²) in [5, 5.41) is 0.984. The van der Waals surface area contributed by atoms with E-state index in [4.69, 9.17) is 4.74 Å². The predicted molar refractivity (Wildman–Crippen MR) is 74.3 cm³/mol. The smallest absolute Gasteiger partial charge is 0.308 e. The molecule has 0 saturated carbocycles. The molecule has 3 nitrogen and oxygen atoms in total. The molecule has 98 valence electrons. The number of ether oxygens (including phenoxy) is 1. The number of Topliss-reactive ketones (excluding diaryl/α,β-unsaturated/α-hetero) is 1. The lowest BCUT2D eigenvalue weighted by atomic mass is 10.0. The zero-order chi connectivity index (χ0) is 13.4. The van der Waals surface area contributed by atoms with Crippen molar-refractivity contribution >= 4 is 27.7 Å². The van der Waals surface area contributed by atoms with Crippen LogP contribution in [0.1, 0.15) is 43.0 Å². The molecule has 1 rings (SSSR count). The molecule has 4 heteroatoms. The lowest BCUT2D eigenvalue weighted by Gasteiger charge is -2.03. The van der Waals surface area contributed by atoms with Gasteiger partial charge in [-0.25, -0.2) is 0 Å². The van der Waals surface area contributed by atoms with E-state index >= 15 is 0 Å². The fourth-order valence-electron chi connectivity index (χ4n) is 1.58. The van der Waals surface area contributed by atoms with Gasteiger partial charge in [-0.2, -0.15) is 0 Å². The van der Waals surface area contributed by atoms with Crippen LogP contribution in [0.15, 0.2) is 24.3 Å². The van der Waals surface area contributed by atoms with Crippen molar-refractivity contribution in [1.29, 1.82) is 0 Å². The molecule has 0 spiro atoms. The van der Waals surface area contributed by atoms with Crippen LogP contribution < -0.4 is 4.74 Å². The third kappa shape index (κ3) is 5.45. The van der Waals surface area contributed by atoms with Crippen LogP contribution in [0.25, 0.3) is 0 Å². The summed E-state index contributed by atoms with van der Waals surface area (Å²) in [7, 11) is 0. The minimum atomic E-state index is -0.358. The van der Waals surface area contributed by atoms with Crippen molar-refractivity contribution in [2.45, 2.75) is 32.6 Å². The van der Waals surface area contributed by atoms with Crippen molar-refractivity contribution in [3.8, 4) is 5.75 Å². The van der Waals surface area contributed by atoms with Gasteiger partial charge in [0.1, 0.15) is 5.75 Å². The molecule has 0 radical (unpaired) electrons. The Bertz CT molecular complexity index is 398. The normalized spacial score (nSPS) is 10.1. The van der Waals surface area contributed by atoms with Crippen molar-refractivity contribution in [3.05, 3.63) is 29.8 Å². The van der Waals surface area contributed by atoms with Gasteiger partial charge in [-0.15, -0.1) is 0 Å². The number of carbonyl (C=O) groups excluding carboxylic acids is 2. The first-order chi connectivity index (χ1) is 8.63. The first kappa shape index (κ1) is 14.9. The third-order valence-corrected chi connectivity index (χ3v) is 3.04. The molecule has 0 aliphatic rings. The number of alkyl halides is 1. The van der Waals surface area contributed by atoms with Crippen molar-refractivity contribution in [3.63, 3.8) is 0 Å². The molecular weight excluding hydrogens is 296 g/mol. The van der Waals surface area contributed by atoms with Crippen LogP contribution in [-0.4, -0.2) is 17.1 Å². The van der Waals surface area contributed by atoms with E-state index in [1.54, 1.807) is 24.3 Å². The first-order valence-corrected chi connectivity index (χ1v) is 7.13. The van der Waals surface area contributed by atoms with Gasteiger partial charge >= 0.3 is 5.97 Å². The topological polar surface area (TPSA) is 43.4 Å². The Hall–Kier alpha value is -1.16. The molecule has 1 aromatic carbocycles. The van der Waals surface area contributed by atoms with Crippen molar-refractivity contribution in [1.82, 2.24) is 0 Å². The second kappa shape index (κ2) is 8.03. The summed E-state index contributed by atoms with van der Waals surface area (Å²) in [6.45, 7) is 1.35. The number of hydrogen-bond acceptors (Lipinski definition) is 3. The Balaban J connectivity index is 2.46. The van der Waals surface area contributed by atoms with Gasteiger partial charge in [-0.1, -0.05) is 22.4 Å². The summed E-state index contributed by atoms with van der Waals surface area (Å²) in [6, 6.07) is 6.69. The second-order valence-electron chi connectivity index (χ2n) is 4.04. The monoisotopic (exact) mass is 312 g/mol. The highest BCUT2D eigenvalue weighted by Crippen LogP contribution is 2.15. The third-order valence-electron chi connectivity index (χ3n) is 2.48. The SMILES string of the molecule is CC(=O)Oc1ccc(C(=O)CCCCCBr)cc1. The predicted octanol–water partition coefficient (Wildman–Crippen LogP) is 3.75. The Labute approximate surface area is 116 Å². The Kier molecular flexibility index (Phi) is 6.65. The molecule has 0 unspecified atom stereocenters. The second-order valence-corrected chi connectivity index (χ2v) is 4.83. The fraction of sp³-hybridized carbons (Fsp3) is 0.429. The number of hydrogen-bond donors (Lipinski definition) is 0. The van der Waals surface area contributed by atoms with E-state index < -0.39 is 0 Å². The average molecular weight is 313 g/mol. The molecule has 0 N–H and O–H groups in total. The van der Waals surface area contributed by atoms with Gasteiger partial charge in [0.2, 0.25) is 0 Å². The average Bonchev–Trinajstić information content (AvgIpc) is 2.34. The van der Waals surface area contributed by atoms with Crippen LogP contribution in [0.4, 0.5) is 0 Å². The molecule has 0 heterocycles. The zero-order valence-electron chi connectivity index (χ0n) is 10.4. The van der Waals surface area contributed by atoms with E-state index in [-0.39, 0.29) is 11.8 Å². The van der Waals surface area contributed by atoms with E-state index in [0.717, 1.165) is 24.6 Å². The van der Waals surface area contributed by atoms with Crippen LogP contribution in [0.5, 0.6) is 5.75 Å². The van der Waals surface area contributed by atoms with Gasteiger partial charge in [0, 0.05) is 24.2 Å². The number of halogens is 1. The van der Waals surface area contributed by atoms with Gasteiger partial charge in [0.05, 0.1) is 0 Å². The van der Waals surface area contributed by atoms with Gasteiger partial charge < -0.3 is 4.74 Å². The Morgan fingerprint density at radius 3 is 2.33 bits per heavy atom. The first-order valence-electron chi connectivity index (χ1n) is 6.01. The van der Waals surface area contributed by atoms with Crippen LogP contribution in [0, 0.1) is 0 Å². The standard InChI is InChI=1S/C14H17BrO3/c1-11(16)18-13-8-6-12(7-9-13)14(17)5-3-2-4-10-15/h6-9H,2-5,10H2,1H3. The van der Waals surface area contributed by atoms with Gasteiger partial charge in [0.15, 0.2) is 5.78 Å². The number of benzene rings is 1. The summed E-state index contributed by atoms with van der Waals surface area (Å²) < 4.78 is 4.91. The number of unbranched alkanes of at least 4 members (excludes halogenated alkanes) is 2. The fourth-order valence-corrected chi connectivity index (χ4v) is 1.97. The Morgan fingerprint density at radius 1 is 1.11 bits per heavy atom. The minimum Gasteiger partial charge on any atom is -0.427 e. The van der Waals surface area contributed by atoms with E-state index in [9.17, 15) is 9.59 Å². The van der Waals surface area contributed by atoms with Crippen LogP contribution in [0.3, 0.4) is 0 Å². The van der Waals surface area contributed by atoms with Crippen LogP contribution in [0.2, 0.25) is 0 Å². The summed E-state index contributed by atoms with van der Waals surface area (Å²) in [5.41, 5.74) is 0.671. The lowest BCUT2D eigenvalue weighted by molar-refractivity contribution is -0.131. The number of ketones is 1. The van der Waals surface area contributed by atoms with Gasteiger partial charge in [-0.05, 0) is 37.1 Å². The van der Waals surface area contributed by atoms with E-state index in [0.29, 0.717) is 17.7 Å². The van der Waals surface area contributed by atoms with Crippen molar-refractivity contribution in [2.75, 3.05) is 5.33 Å². The highest BCUT2D eigenvalue weighted by Gasteiger charge is 2.06. The molecule has 0 atom stereocenters. The number of rotatable bonds is 7. The zero-order valence-corrected chi connectivity index (χ0v) is 12.0. The number of esters is 1. The van der Waals surface area contributed by atoms with E-state index in [1.807, 2.05) is 0 Å². The highest BCUT2D eigenvalue weighted by molar-refractivity contribution is 9.09. The highest BCUT2D eigenvalue weighted by atomic mass is 79.9. The largest absolute Gasteiger partial charge is 0.427 e. The maximum absolute atomic E-state index is 11.8. The molecule has 0 fully saturated rings. The summed E-state index contributed by atoms with van der Waals surface area (Å²) in [5.74, 6) is 0.251. The van der Waals surface area contributed by atoms with E-state index in [2.05, 4.69) is 15.9 Å². The molecule has 0 bridgehead atoms. The quantitative estimate of drug-likeness (QED) is 0.253. The molecular formula is C14H17BrO3. The minimum absolute atomic E-state index is 0.138. The maximum atomic E-state index is 11.8. The molecule has 0 aromatic heterocycles. The molecule has 0 saturated heterocycles. The van der Waals surface area contributed by atoms with Crippen molar-refractivity contribution < 1.29 is 14.3 Å². The number of carbonyl (C=O) groups is 2. The van der Waals surface area contributed by atoms with Crippen molar-refractivity contribution in [2.24, 2.45) is 0 Å².